The molecule has 0 radical (unpaired) electrons. The Kier molecular flexibility index (Phi) is 11.0. The Balaban J connectivity index is 4.64. The predicted octanol–water partition coefficient (Wildman–Crippen LogP) is -2.72. The number of aliphatic carboxylic acids is 1. The number of nitrogens with zero attached hydrogens (tertiary/aromatic N) is 1. The van der Waals surface area contributed by atoms with Gasteiger partial charge in [0.05, 0.1) is 6.04 Å². The molecule has 3 unspecified atom stereocenters. The molecule has 9 N–H and O–H groups in total. The van der Waals surface area contributed by atoms with Crippen molar-refractivity contribution in [2.75, 3.05) is 18.1 Å². The van der Waals surface area contributed by atoms with Crippen molar-refractivity contribution in [2.24, 2.45) is 22.2 Å². The molecule has 0 rings (SSSR count). The van der Waals surface area contributed by atoms with E-state index in [4.69, 9.17) is 22.3 Å². The van der Waals surface area contributed by atoms with Gasteiger partial charge in [-0.15, -0.1) is 0 Å². The van der Waals surface area contributed by atoms with Crippen LogP contribution in [0.15, 0.2) is 4.99 Å². The van der Waals surface area contributed by atoms with Crippen LogP contribution in [0.5, 0.6) is 0 Å². The lowest BCUT2D eigenvalue weighted by Gasteiger charge is -2.21. The summed E-state index contributed by atoms with van der Waals surface area (Å²) in [5.41, 5.74) is 15.8. The molecule has 138 valence electrons. The molecule has 0 heterocycles. The number of thiol groups is 2. The number of amides is 2. The maximum atomic E-state index is 12.1. The van der Waals surface area contributed by atoms with Gasteiger partial charge in [0, 0.05) is 18.1 Å². The van der Waals surface area contributed by atoms with E-state index < -0.39 is 35.9 Å². The molecule has 3 atom stereocenters. The number of carboxylic acid groups (broad SMARTS) is 1. The van der Waals surface area contributed by atoms with Gasteiger partial charge in [-0.3, -0.25) is 14.6 Å². The Labute approximate surface area is 150 Å². The summed E-state index contributed by atoms with van der Waals surface area (Å²) in [6.45, 7) is 0.242. The maximum absolute atomic E-state index is 12.1. The summed E-state index contributed by atoms with van der Waals surface area (Å²) in [7, 11) is 0. The van der Waals surface area contributed by atoms with E-state index in [0.29, 0.717) is 6.42 Å². The molecule has 10 nitrogen and oxygen atoms in total. The number of nitrogens with two attached hydrogens (primary N) is 3. The molecule has 0 aliphatic carbocycles. The summed E-state index contributed by atoms with van der Waals surface area (Å²) in [4.78, 5) is 38.7. The lowest BCUT2D eigenvalue weighted by molar-refractivity contribution is -0.142. The Morgan fingerprint density at radius 3 is 2.08 bits per heavy atom. The summed E-state index contributed by atoms with van der Waals surface area (Å²) in [6, 6.07) is -3.02. The van der Waals surface area contributed by atoms with Crippen molar-refractivity contribution in [1.82, 2.24) is 10.6 Å². The molecule has 0 saturated carbocycles. The van der Waals surface area contributed by atoms with E-state index in [9.17, 15) is 14.4 Å². The van der Waals surface area contributed by atoms with Gasteiger partial charge < -0.3 is 32.9 Å². The third-order valence-electron chi connectivity index (χ3n) is 2.91. The van der Waals surface area contributed by atoms with E-state index in [-0.39, 0.29) is 30.4 Å². The average molecular weight is 380 g/mol. The lowest BCUT2D eigenvalue weighted by Crippen LogP contribution is -2.55. The fraction of sp³-hybridized carbons (Fsp3) is 0.667. The average Bonchev–Trinajstić information content (AvgIpc) is 2.53. The van der Waals surface area contributed by atoms with Crippen LogP contribution in [-0.4, -0.2) is 65.0 Å². The Morgan fingerprint density at radius 2 is 1.62 bits per heavy atom. The number of hydrogen-bond acceptors (Lipinski definition) is 7. The van der Waals surface area contributed by atoms with Crippen molar-refractivity contribution in [3.63, 3.8) is 0 Å². The highest BCUT2D eigenvalue weighted by Crippen LogP contribution is 2.01. The zero-order valence-electron chi connectivity index (χ0n) is 13.0. The van der Waals surface area contributed by atoms with Crippen LogP contribution >= 0.6 is 25.3 Å². The molecular formula is C12H24N6O4S2. The third kappa shape index (κ3) is 8.84. The van der Waals surface area contributed by atoms with Gasteiger partial charge in [0.25, 0.3) is 0 Å². The highest BCUT2D eigenvalue weighted by molar-refractivity contribution is 7.80. The van der Waals surface area contributed by atoms with Gasteiger partial charge in [0.15, 0.2) is 5.96 Å². The minimum Gasteiger partial charge on any atom is -0.480 e. The first kappa shape index (κ1) is 22.3. The minimum atomic E-state index is -1.20. The molecule has 0 aliphatic rings. The number of carboxylic acids is 1. The van der Waals surface area contributed by atoms with Crippen molar-refractivity contribution >= 4 is 49.0 Å². The van der Waals surface area contributed by atoms with E-state index in [1.807, 2.05) is 0 Å². The zero-order chi connectivity index (χ0) is 18.7. The summed E-state index contributed by atoms with van der Waals surface area (Å²) < 4.78 is 0. The van der Waals surface area contributed by atoms with Crippen LogP contribution in [0.2, 0.25) is 0 Å². The number of rotatable bonds is 11. The monoisotopic (exact) mass is 380 g/mol. The highest BCUT2D eigenvalue weighted by atomic mass is 32.1. The first-order chi connectivity index (χ1) is 11.2. The van der Waals surface area contributed by atoms with E-state index in [1.165, 1.54) is 0 Å². The largest absolute Gasteiger partial charge is 0.480 e. The van der Waals surface area contributed by atoms with Gasteiger partial charge in [-0.2, -0.15) is 25.3 Å². The van der Waals surface area contributed by atoms with Gasteiger partial charge in [-0.1, -0.05) is 0 Å². The van der Waals surface area contributed by atoms with Crippen LogP contribution in [0.1, 0.15) is 12.8 Å². The summed E-state index contributed by atoms with van der Waals surface area (Å²) in [5, 5.41) is 13.9. The number of hydrogen-bond donors (Lipinski definition) is 8. The molecule has 0 bridgehead atoms. The number of guanidine groups is 1. The first-order valence-corrected chi connectivity index (χ1v) is 8.35. The Hall–Kier alpha value is -1.66. The van der Waals surface area contributed by atoms with Crippen molar-refractivity contribution in [1.29, 1.82) is 0 Å². The van der Waals surface area contributed by atoms with Gasteiger partial charge in [-0.05, 0) is 12.8 Å². The first-order valence-electron chi connectivity index (χ1n) is 7.09. The second-order valence-electron chi connectivity index (χ2n) is 4.88. The second kappa shape index (κ2) is 11.8. The molecular weight excluding hydrogens is 356 g/mol. The van der Waals surface area contributed by atoms with Crippen molar-refractivity contribution in [2.45, 2.75) is 31.0 Å². The molecule has 0 aliphatic heterocycles. The van der Waals surface area contributed by atoms with Crippen LogP contribution < -0.4 is 27.8 Å². The zero-order valence-corrected chi connectivity index (χ0v) is 14.8. The maximum Gasteiger partial charge on any atom is 0.326 e. The normalized spacial score (nSPS) is 14.1. The van der Waals surface area contributed by atoms with Crippen LogP contribution in [0.25, 0.3) is 0 Å². The van der Waals surface area contributed by atoms with Gasteiger partial charge >= 0.3 is 5.97 Å². The standard InChI is InChI=1S/C12H24N6O4S2/c13-6(4-23)9(19)18-8(5-24)10(20)17-7(11(21)22)2-1-3-16-12(14)15/h6-8,23-24H,1-5,13H2,(H,17,20)(H,18,19)(H,21,22)(H4,14,15,16). The molecule has 0 fully saturated rings. The summed E-state index contributed by atoms with van der Waals surface area (Å²) >= 11 is 7.87. The predicted molar refractivity (Wildman–Crippen MR) is 97.1 cm³/mol. The topological polar surface area (TPSA) is 186 Å². The SMILES string of the molecule is NC(N)=NCCCC(NC(=O)C(CS)NC(=O)C(N)CS)C(=O)O. The summed E-state index contributed by atoms with van der Waals surface area (Å²) in [6.07, 6.45) is 0.485. The van der Waals surface area contributed by atoms with Gasteiger partial charge in [0.1, 0.15) is 12.1 Å². The number of aliphatic imine (C=N–C) groups is 1. The minimum absolute atomic E-state index is 0.0167. The smallest absolute Gasteiger partial charge is 0.326 e. The highest BCUT2D eigenvalue weighted by Gasteiger charge is 2.26. The van der Waals surface area contributed by atoms with Crippen LogP contribution in [-0.2, 0) is 14.4 Å². The molecule has 0 spiro atoms. The molecule has 0 saturated heterocycles. The molecule has 2 amide bonds. The third-order valence-corrected chi connectivity index (χ3v) is 3.67. The van der Waals surface area contributed by atoms with Crippen LogP contribution in [0.4, 0.5) is 0 Å². The van der Waals surface area contributed by atoms with Crippen molar-refractivity contribution in [3.8, 4) is 0 Å². The van der Waals surface area contributed by atoms with Crippen LogP contribution in [0, 0.1) is 0 Å². The van der Waals surface area contributed by atoms with E-state index >= 15 is 0 Å². The fourth-order valence-electron chi connectivity index (χ4n) is 1.59. The second-order valence-corrected chi connectivity index (χ2v) is 5.61. The van der Waals surface area contributed by atoms with E-state index in [2.05, 4.69) is 40.9 Å². The number of carbonyl (C=O) groups is 3. The van der Waals surface area contributed by atoms with Gasteiger partial charge in [-0.25, -0.2) is 4.79 Å². The quantitative estimate of drug-likeness (QED) is 0.0827. The molecule has 12 heteroatoms. The molecule has 24 heavy (non-hydrogen) atoms. The van der Waals surface area contributed by atoms with Crippen molar-refractivity contribution < 1.29 is 19.5 Å². The Bertz CT molecular complexity index is 472. The molecule has 0 aromatic carbocycles. The molecule has 0 aromatic rings. The van der Waals surface area contributed by atoms with Gasteiger partial charge in [0.2, 0.25) is 11.8 Å². The lowest BCUT2D eigenvalue weighted by atomic mass is 10.1. The van der Waals surface area contributed by atoms with E-state index in [0.717, 1.165) is 0 Å². The number of nitrogens with one attached hydrogen (secondary N) is 2. The number of carbonyl (C=O) groups excluding carboxylic acids is 2. The summed E-state index contributed by atoms with van der Waals surface area (Å²) in [5.74, 6) is -2.45. The Morgan fingerprint density at radius 1 is 1.04 bits per heavy atom. The van der Waals surface area contributed by atoms with Crippen molar-refractivity contribution in [3.05, 3.63) is 0 Å². The fourth-order valence-corrected chi connectivity index (χ4v) is 2.01. The molecule has 0 aromatic heterocycles. The van der Waals surface area contributed by atoms with Crippen LogP contribution in [0.3, 0.4) is 0 Å². The van der Waals surface area contributed by atoms with E-state index in [1.54, 1.807) is 0 Å².